The van der Waals surface area contributed by atoms with Gasteiger partial charge in [0.25, 0.3) is 0 Å². The molecular formula is C28H27N3O3S2. The van der Waals surface area contributed by atoms with Gasteiger partial charge < -0.3 is 10.1 Å². The Balaban J connectivity index is 1.42. The van der Waals surface area contributed by atoms with Crippen molar-refractivity contribution in [3.8, 4) is 16.3 Å². The third kappa shape index (κ3) is 5.20. The van der Waals surface area contributed by atoms with Crippen molar-refractivity contribution >= 4 is 45.6 Å². The van der Waals surface area contributed by atoms with Crippen LogP contribution in [-0.4, -0.2) is 28.3 Å². The highest BCUT2D eigenvalue weighted by molar-refractivity contribution is 7.17. The Hall–Kier alpha value is -3.49. The summed E-state index contributed by atoms with van der Waals surface area (Å²) in [4.78, 5) is 28.0. The first-order valence-corrected chi connectivity index (χ1v) is 13.8. The molecule has 1 amide bonds. The number of fused-ring (bicyclic) bond motifs is 1. The lowest BCUT2D eigenvalue weighted by Crippen LogP contribution is -2.13. The van der Waals surface area contributed by atoms with Gasteiger partial charge in [0, 0.05) is 22.7 Å². The van der Waals surface area contributed by atoms with Gasteiger partial charge >= 0.3 is 5.97 Å². The van der Waals surface area contributed by atoms with Crippen LogP contribution in [0.3, 0.4) is 0 Å². The first-order valence-electron chi connectivity index (χ1n) is 12.1. The Morgan fingerprint density at radius 2 is 1.94 bits per heavy atom. The van der Waals surface area contributed by atoms with Gasteiger partial charge in [0.2, 0.25) is 5.91 Å². The topological polar surface area (TPSA) is 73.2 Å². The van der Waals surface area contributed by atoms with E-state index in [9.17, 15) is 9.59 Å². The maximum atomic E-state index is 13.0. The first-order chi connectivity index (χ1) is 17.6. The van der Waals surface area contributed by atoms with Gasteiger partial charge in [0.05, 0.1) is 22.7 Å². The average molecular weight is 518 g/mol. The lowest BCUT2D eigenvalue weighted by Gasteiger charge is -2.07. The molecule has 0 spiro atoms. The molecule has 0 radical (unpaired) electrons. The lowest BCUT2D eigenvalue weighted by molar-refractivity contribution is -0.111. The summed E-state index contributed by atoms with van der Waals surface area (Å²) in [7, 11) is 0. The van der Waals surface area contributed by atoms with Gasteiger partial charge in [-0.3, -0.25) is 4.79 Å². The highest BCUT2D eigenvalue weighted by atomic mass is 32.1. The summed E-state index contributed by atoms with van der Waals surface area (Å²) in [6, 6.07) is 13.9. The minimum absolute atomic E-state index is 0.290. The quantitative estimate of drug-likeness (QED) is 0.167. The molecule has 0 saturated carbocycles. The van der Waals surface area contributed by atoms with Gasteiger partial charge in [0.15, 0.2) is 0 Å². The maximum Gasteiger partial charge on any atom is 0.341 e. The molecular weight excluding hydrogens is 490 g/mol. The third-order valence-corrected chi connectivity index (χ3v) is 8.15. The van der Waals surface area contributed by atoms with E-state index in [2.05, 4.69) is 5.32 Å². The van der Waals surface area contributed by atoms with Gasteiger partial charge in [-0.15, -0.1) is 22.7 Å². The van der Waals surface area contributed by atoms with Gasteiger partial charge in [-0.1, -0.05) is 30.7 Å². The Bertz CT molecular complexity index is 1390. The van der Waals surface area contributed by atoms with Crippen molar-refractivity contribution in [1.82, 2.24) is 9.78 Å². The molecule has 1 N–H and O–H groups in total. The van der Waals surface area contributed by atoms with E-state index >= 15 is 0 Å². The van der Waals surface area contributed by atoms with Crippen LogP contribution in [0.15, 0.2) is 60.1 Å². The van der Waals surface area contributed by atoms with Crippen molar-refractivity contribution in [3.63, 3.8) is 0 Å². The molecule has 3 aromatic heterocycles. The number of anilines is 1. The number of amides is 1. The van der Waals surface area contributed by atoms with Crippen LogP contribution in [0.5, 0.6) is 0 Å². The standard InChI is InChI=1S/C28H27N3O3S2/c1-2-34-28(33)25-21-12-7-4-8-13-22(21)36-27(25)29-24(32)16-15-19-18-31(20-10-5-3-6-11-20)30-26(19)23-14-9-17-35-23/h3,5-6,9-11,14-18H,2,4,7-8,12-13H2,1H3,(H,29,32)/b16-15+. The fourth-order valence-corrected chi connectivity index (χ4v) is 6.41. The second-order valence-corrected chi connectivity index (χ2v) is 10.6. The SMILES string of the molecule is CCOC(=O)c1c(NC(=O)/C=C/c2cn(-c3ccccc3)nc2-c2cccs2)sc2c1CCCCC2. The predicted molar refractivity (Wildman–Crippen MR) is 146 cm³/mol. The number of thiophene rings is 2. The molecule has 3 heterocycles. The van der Waals surface area contributed by atoms with Crippen molar-refractivity contribution in [2.75, 3.05) is 11.9 Å². The van der Waals surface area contributed by atoms with Crippen LogP contribution in [-0.2, 0) is 22.4 Å². The molecule has 8 heteroatoms. The van der Waals surface area contributed by atoms with Crippen molar-refractivity contribution in [3.05, 3.63) is 81.7 Å². The third-order valence-electron chi connectivity index (χ3n) is 6.07. The number of ether oxygens (including phenoxy) is 1. The zero-order valence-corrected chi connectivity index (χ0v) is 21.7. The van der Waals surface area contributed by atoms with E-state index in [0.29, 0.717) is 17.2 Å². The summed E-state index contributed by atoms with van der Waals surface area (Å²) in [6.45, 7) is 2.10. The predicted octanol–water partition coefficient (Wildman–Crippen LogP) is 6.76. The zero-order chi connectivity index (χ0) is 24.9. The number of nitrogens with one attached hydrogen (secondary N) is 1. The number of carbonyl (C=O) groups is 2. The molecule has 0 atom stereocenters. The molecule has 0 bridgehead atoms. The molecule has 6 nitrogen and oxygen atoms in total. The van der Waals surface area contributed by atoms with Gasteiger partial charge in [-0.05, 0) is 67.8 Å². The summed E-state index contributed by atoms with van der Waals surface area (Å²) in [6.07, 6.45) is 10.3. The number of aryl methyl sites for hydroxylation is 1. The molecule has 1 aliphatic carbocycles. The number of aromatic nitrogens is 2. The molecule has 1 aliphatic rings. The zero-order valence-electron chi connectivity index (χ0n) is 20.0. The van der Waals surface area contributed by atoms with Crippen LogP contribution in [0, 0.1) is 0 Å². The summed E-state index contributed by atoms with van der Waals surface area (Å²) in [5.74, 6) is -0.651. The van der Waals surface area contributed by atoms with E-state index in [1.165, 1.54) is 22.3 Å². The normalized spacial score (nSPS) is 13.4. The number of benzene rings is 1. The summed E-state index contributed by atoms with van der Waals surface area (Å²) in [5, 5.41) is 10.3. The van der Waals surface area contributed by atoms with E-state index in [1.54, 1.807) is 24.3 Å². The molecule has 0 fully saturated rings. The summed E-state index contributed by atoms with van der Waals surface area (Å²) < 4.78 is 7.16. The summed E-state index contributed by atoms with van der Waals surface area (Å²) in [5.41, 5.74) is 4.16. The summed E-state index contributed by atoms with van der Waals surface area (Å²) >= 11 is 3.10. The van der Waals surface area contributed by atoms with Crippen molar-refractivity contribution in [2.24, 2.45) is 0 Å². The highest BCUT2D eigenvalue weighted by Gasteiger charge is 2.26. The number of carbonyl (C=O) groups excluding carboxylic acids is 2. The fraction of sp³-hybridized carbons (Fsp3) is 0.250. The highest BCUT2D eigenvalue weighted by Crippen LogP contribution is 2.38. The first kappa shape index (κ1) is 24.2. The van der Waals surface area contributed by atoms with E-state index in [1.807, 2.05) is 58.7 Å². The van der Waals surface area contributed by atoms with Crippen LogP contribution < -0.4 is 5.32 Å². The molecule has 5 rings (SSSR count). The number of nitrogens with zero attached hydrogens (tertiary/aromatic N) is 2. The van der Waals surface area contributed by atoms with Crippen molar-refractivity contribution in [2.45, 2.75) is 39.0 Å². The van der Waals surface area contributed by atoms with E-state index < -0.39 is 0 Å². The average Bonchev–Trinajstić information content (AvgIpc) is 3.59. The second kappa shape index (κ2) is 11.1. The van der Waals surface area contributed by atoms with Crippen LogP contribution in [0.4, 0.5) is 5.00 Å². The monoisotopic (exact) mass is 517 g/mol. The smallest absolute Gasteiger partial charge is 0.341 e. The number of rotatable bonds is 7. The number of hydrogen-bond acceptors (Lipinski definition) is 6. The second-order valence-electron chi connectivity index (χ2n) is 8.50. The van der Waals surface area contributed by atoms with Gasteiger partial charge in [-0.25, -0.2) is 9.48 Å². The number of esters is 1. The van der Waals surface area contributed by atoms with E-state index in [-0.39, 0.29) is 11.9 Å². The van der Waals surface area contributed by atoms with Gasteiger partial charge in [0.1, 0.15) is 10.7 Å². The van der Waals surface area contributed by atoms with E-state index in [0.717, 1.165) is 59.5 Å². The minimum Gasteiger partial charge on any atom is -0.462 e. The Kier molecular flexibility index (Phi) is 7.44. The van der Waals surface area contributed by atoms with Crippen LogP contribution >= 0.6 is 22.7 Å². The number of para-hydroxylation sites is 1. The van der Waals surface area contributed by atoms with E-state index in [4.69, 9.17) is 9.84 Å². The Labute approximate surface area is 218 Å². The molecule has 1 aromatic carbocycles. The lowest BCUT2D eigenvalue weighted by atomic mass is 10.1. The Morgan fingerprint density at radius 1 is 1.11 bits per heavy atom. The fourth-order valence-electron chi connectivity index (χ4n) is 4.40. The Morgan fingerprint density at radius 3 is 2.72 bits per heavy atom. The van der Waals surface area contributed by atoms with Crippen LogP contribution in [0.25, 0.3) is 22.3 Å². The molecule has 36 heavy (non-hydrogen) atoms. The maximum absolute atomic E-state index is 13.0. The van der Waals surface area contributed by atoms with Crippen molar-refractivity contribution < 1.29 is 14.3 Å². The molecule has 0 unspecified atom stereocenters. The molecule has 184 valence electrons. The van der Waals surface area contributed by atoms with Crippen molar-refractivity contribution in [1.29, 1.82) is 0 Å². The minimum atomic E-state index is -0.361. The van der Waals surface area contributed by atoms with Crippen LogP contribution in [0.2, 0.25) is 0 Å². The largest absolute Gasteiger partial charge is 0.462 e. The van der Waals surface area contributed by atoms with Gasteiger partial charge in [-0.2, -0.15) is 5.10 Å². The number of hydrogen-bond donors (Lipinski definition) is 1. The van der Waals surface area contributed by atoms with Crippen LogP contribution in [0.1, 0.15) is 52.5 Å². The molecule has 0 saturated heterocycles. The molecule has 4 aromatic rings. The molecule has 0 aliphatic heterocycles.